The molecule has 0 unspecified atom stereocenters. The highest BCUT2D eigenvalue weighted by atomic mass is 32.2. The lowest BCUT2D eigenvalue weighted by Gasteiger charge is -2.03. The zero-order valence-electron chi connectivity index (χ0n) is 6.86. The predicted octanol–water partition coefficient (Wildman–Crippen LogP) is 0.0138. The van der Waals surface area contributed by atoms with E-state index in [4.69, 9.17) is 0 Å². The van der Waals surface area contributed by atoms with Crippen molar-refractivity contribution in [1.82, 2.24) is 5.48 Å². The highest BCUT2D eigenvalue weighted by Crippen LogP contribution is 1.85. The largest absolute Gasteiger partial charge is 0.448 e. The van der Waals surface area contributed by atoms with Crippen molar-refractivity contribution in [2.45, 2.75) is 13.3 Å². The molecule has 6 nitrogen and oxygen atoms in total. The Balaban J connectivity index is 3.58. The fourth-order valence-corrected chi connectivity index (χ4v) is 0.553. The molecule has 0 bridgehead atoms. The molecule has 0 fully saturated rings. The van der Waals surface area contributed by atoms with Gasteiger partial charge in [-0.2, -0.15) is 13.9 Å². The van der Waals surface area contributed by atoms with Gasteiger partial charge in [-0.3, -0.25) is 0 Å². The molecule has 0 saturated carbocycles. The number of carbonyl (C=O) groups is 1. The first-order valence-corrected chi connectivity index (χ1v) is 5.08. The van der Waals surface area contributed by atoms with Crippen molar-refractivity contribution >= 4 is 16.2 Å². The lowest BCUT2D eigenvalue weighted by Crippen LogP contribution is -2.27. The Bertz CT molecular complexity index is 234. The molecule has 0 spiro atoms. The Morgan fingerprint density at radius 3 is 2.50 bits per heavy atom. The highest BCUT2D eigenvalue weighted by Gasteiger charge is 2.06. The van der Waals surface area contributed by atoms with E-state index in [9.17, 15) is 13.2 Å². The summed E-state index contributed by atoms with van der Waals surface area (Å²) in [5, 5.41) is 0. The Morgan fingerprint density at radius 2 is 2.08 bits per heavy atom. The molecule has 0 aliphatic heterocycles. The number of hydroxylamine groups is 1. The second kappa shape index (κ2) is 4.94. The predicted molar refractivity (Wildman–Crippen MR) is 40.7 cm³/mol. The number of amides is 1. The Labute approximate surface area is 70.9 Å². The van der Waals surface area contributed by atoms with Gasteiger partial charge < -0.3 is 4.74 Å². The third-order valence-electron chi connectivity index (χ3n) is 0.714. The molecule has 0 saturated heterocycles. The molecule has 0 aliphatic rings. The maximum atomic E-state index is 10.5. The van der Waals surface area contributed by atoms with Crippen LogP contribution >= 0.6 is 0 Å². The number of hydrogen-bond donors (Lipinski definition) is 1. The van der Waals surface area contributed by atoms with Crippen LogP contribution in [0, 0.1) is 0 Å². The van der Waals surface area contributed by atoms with Crippen LogP contribution in [0.2, 0.25) is 0 Å². The molecular formula is C5H11NO5S. The normalized spacial score (nSPS) is 10.8. The minimum absolute atomic E-state index is 0.221. The molecule has 0 radical (unpaired) electrons. The van der Waals surface area contributed by atoms with Gasteiger partial charge in [0.2, 0.25) is 0 Å². The average molecular weight is 197 g/mol. The van der Waals surface area contributed by atoms with E-state index in [1.165, 1.54) is 0 Å². The van der Waals surface area contributed by atoms with Crippen LogP contribution in [0.1, 0.15) is 13.3 Å². The number of nitrogens with one attached hydrogen (secondary N) is 1. The van der Waals surface area contributed by atoms with Crippen LogP contribution in [0.4, 0.5) is 4.79 Å². The second-order valence-corrected chi connectivity index (χ2v) is 3.60. The van der Waals surface area contributed by atoms with Crippen molar-refractivity contribution in [2.24, 2.45) is 0 Å². The lowest BCUT2D eigenvalue weighted by molar-refractivity contribution is 0.103. The van der Waals surface area contributed by atoms with E-state index in [0.717, 1.165) is 6.26 Å². The van der Waals surface area contributed by atoms with Crippen LogP contribution in [0.15, 0.2) is 0 Å². The number of hydrogen-bond acceptors (Lipinski definition) is 5. The smallest absolute Gasteiger partial charge is 0.432 e. The van der Waals surface area contributed by atoms with Crippen LogP contribution in [-0.2, 0) is 19.1 Å². The molecule has 7 heteroatoms. The third kappa shape index (κ3) is 7.29. The van der Waals surface area contributed by atoms with Crippen molar-refractivity contribution in [3.05, 3.63) is 0 Å². The van der Waals surface area contributed by atoms with Crippen LogP contribution in [0.25, 0.3) is 0 Å². The Hall–Kier alpha value is -0.820. The van der Waals surface area contributed by atoms with Gasteiger partial charge in [0.05, 0.1) is 12.9 Å². The maximum Gasteiger partial charge on any atom is 0.432 e. The van der Waals surface area contributed by atoms with E-state index in [1.54, 1.807) is 5.48 Å². The first-order valence-electron chi connectivity index (χ1n) is 3.27. The van der Waals surface area contributed by atoms with E-state index < -0.39 is 16.2 Å². The summed E-state index contributed by atoms with van der Waals surface area (Å²) in [4.78, 5) is 10.5. The van der Waals surface area contributed by atoms with Gasteiger partial charge in [0.15, 0.2) is 0 Å². The van der Waals surface area contributed by atoms with Gasteiger partial charge in [0.25, 0.3) is 10.1 Å². The molecule has 1 amide bonds. The van der Waals surface area contributed by atoms with Crippen molar-refractivity contribution in [3.8, 4) is 0 Å². The molecule has 0 rings (SSSR count). The van der Waals surface area contributed by atoms with E-state index in [1.807, 2.05) is 6.92 Å². The molecule has 1 N–H and O–H groups in total. The van der Waals surface area contributed by atoms with E-state index in [-0.39, 0.29) is 6.61 Å². The summed E-state index contributed by atoms with van der Waals surface area (Å²) in [6, 6.07) is 0. The first kappa shape index (κ1) is 11.2. The molecule has 0 aromatic heterocycles. The lowest BCUT2D eigenvalue weighted by atomic mass is 10.5. The van der Waals surface area contributed by atoms with Gasteiger partial charge >= 0.3 is 6.09 Å². The van der Waals surface area contributed by atoms with Crippen LogP contribution in [-0.4, -0.2) is 27.4 Å². The fourth-order valence-electron chi connectivity index (χ4n) is 0.334. The van der Waals surface area contributed by atoms with Crippen LogP contribution < -0.4 is 5.48 Å². The van der Waals surface area contributed by atoms with Crippen molar-refractivity contribution in [2.75, 3.05) is 12.9 Å². The van der Waals surface area contributed by atoms with Gasteiger partial charge in [-0.05, 0) is 6.42 Å². The molecule has 0 heterocycles. The van der Waals surface area contributed by atoms with Gasteiger partial charge in [0.1, 0.15) is 0 Å². The van der Waals surface area contributed by atoms with Gasteiger partial charge in [-0.25, -0.2) is 4.79 Å². The van der Waals surface area contributed by atoms with E-state index >= 15 is 0 Å². The summed E-state index contributed by atoms with van der Waals surface area (Å²) in [7, 11) is -3.66. The molecule has 0 aliphatic carbocycles. The van der Waals surface area contributed by atoms with Crippen LogP contribution in [0.5, 0.6) is 0 Å². The molecule has 12 heavy (non-hydrogen) atoms. The van der Waals surface area contributed by atoms with Crippen molar-refractivity contribution in [3.63, 3.8) is 0 Å². The number of rotatable bonds is 4. The second-order valence-electron chi connectivity index (χ2n) is 2.03. The summed E-state index contributed by atoms with van der Waals surface area (Å²) < 4.78 is 29.0. The minimum atomic E-state index is -3.66. The minimum Gasteiger partial charge on any atom is -0.448 e. The quantitative estimate of drug-likeness (QED) is 0.642. The zero-order chi connectivity index (χ0) is 9.61. The Morgan fingerprint density at radius 1 is 1.50 bits per heavy atom. The first-order chi connectivity index (χ1) is 5.45. The molecule has 72 valence electrons. The standard InChI is InChI=1S/C5H11NO5S/c1-3-4-10-5(7)6-11-12(2,8)9/h3-4H2,1-2H3,(H,6,7). The molecule has 0 aromatic carbocycles. The monoisotopic (exact) mass is 197 g/mol. The summed E-state index contributed by atoms with van der Waals surface area (Å²) in [6.45, 7) is 2.03. The zero-order valence-corrected chi connectivity index (χ0v) is 7.68. The summed E-state index contributed by atoms with van der Waals surface area (Å²) in [5.41, 5.74) is 1.61. The third-order valence-corrected chi connectivity index (χ3v) is 1.10. The molecule has 0 atom stereocenters. The summed E-state index contributed by atoms with van der Waals surface area (Å²) in [6.07, 6.45) is 0.557. The topological polar surface area (TPSA) is 81.7 Å². The molecule has 0 aromatic rings. The molecular weight excluding hydrogens is 186 g/mol. The SMILES string of the molecule is CCCOC(=O)NOS(C)(=O)=O. The summed E-state index contributed by atoms with van der Waals surface area (Å²) in [5.74, 6) is 0. The van der Waals surface area contributed by atoms with Gasteiger partial charge in [0, 0.05) is 0 Å². The number of carbonyl (C=O) groups excluding carboxylic acids is 1. The Kier molecular flexibility index (Phi) is 4.60. The highest BCUT2D eigenvalue weighted by molar-refractivity contribution is 7.85. The van der Waals surface area contributed by atoms with Crippen molar-refractivity contribution < 1.29 is 22.2 Å². The van der Waals surface area contributed by atoms with Gasteiger partial charge in [-0.15, -0.1) is 4.28 Å². The fraction of sp³-hybridized carbons (Fsp3) is 0.800. The maximum absolute atomic E-state index is 10.5. The summed E-state index contributed by atoms with van der Waals surface area (Å²) >= 11 is 0. The number of ether oxygens (including phenoxy) is 1. The van der Waals surface area contributed by atoms with Gasteiger partial charge in [-0.1, -0.05) is 6.92 Å². The van der Waals surface area contributed by atoms with Crippen LogP contribution in [0.3, 0.4) is 0 Å². The van der Waals surface area contributed by atoms with E-state index in [0.29, 0.717) is 6.42 Å². The average Bonchev–Trinajstić information content (AvgIpc) is 1.95. The van der Waals surface area contributed by atoms with Crippen molar-refractivity contribution in [1.29, 1.82) is 0 Å². The van der Waals surface area contributed by atoms with E-state index in [2.05, 4.69) is 9.02 Å².